The second-order valence-corrected chi connectivity index (χ2v) is 6.28. The number of benzene rings is 1. The third kappa shape index (κ3) is 3.17. The first-order valence-corrected chi connectivity index (χ1v) is 7.77. The van der Waals surface area contributed by atoms with Gasteiger partial charge in [0.05, 0.1) is 11.0 Å². The van der Waals surface area contributed by atoms with Crippen LogP contribution in [-0.2, 0) is 10.0 Å². The normalized spacial score (nSPS) is 13.4. The highest BCUT2D eigenvalue weighted by Gasteiger charge is 2.16. The van der Waals surface area contributed by atoms with Gasteiger partial charge in [-0.1, -0.05) is 18.2 Å². The van der Waals surface area contributed by atoms with Gasteiger partial charge in [0, 0.05) is 6.54 Å². The molecule has 0 saturated heterocycles. The molecule has 1 unspecified atom stereocenters. The van der Waals surface area contributed by atoms with Gasteiger partial charge >= 0.3 is 0 Å². The molecule has 1 aromatic carbocycles. The summed E-state index contributed by atoms with van der Waals surface area (Å²) in [5, 5.41) is 13.4. The van der Waals surface area contributed by atoms with Gasteiger partial charge in [0.1, 0.15) is 0 Å². The van der Waals surface area contributed by atoms with Crippen molar-refractivity contribution in [3.63, 3.8) is 0 Å². The van der Waals surface area contributed by atoms with Crippen LogP contribution in [0.25, 0.3) is 0 Å². The first kappa shape index (κ1) is 13.2. The molecule has 0 amide bonds. The van der Waals surface area contributed by atoms with Gasteiger partial charge in [-0.2, -0.15) is 11.3 Å². The smallest absolute Gasteiger partial charge is 0.240 e. The minimum Gasteiger partial charge on any atom is -0.387 e. The van der Waals surface area contributed by atoms with Crippen molar-refractivity contribution in [1.82, 2.24) is 4.72 Å². The standard InChI is InChI=1S/C12H13NO3S2/c14-12(10-6-7-17-9-10)8-13-18(15,16)11-4-2-1-3-5-11/h1-7,9,12-14H,8H2. The number of aliphatic hydroxyl groups excluding tert-OH is 1. The van der Waals surface area contributed by atoms with Crippen molar-refractivity contribution >= 4 is 21.4 Å². The lowest BCUT2D eigenvalue weighted by atomic mass is 10.2. The van der Waals surface area contributed by atoms with E-state index >= 15 is 0 Å². The molecule has 1 aromatic heterocycles. The zero-order valence-corrected chi connectivity index (χ0v) is 11.1. The Balaban J connectivity index is 2.02. The summed E-state index contributed by atoms with van der Waals surface area (Å²) < 4.78 is 26.2. The van der Waals surface area contributed by atoms with Gasteiger partial charge in [0.15, 0.2) is 0 Å². The fraction of sp³-hybridized carbons (Fsp3) is 0.167. The van der Waals surface area contributed by atoms with Crippen LogP contribution in [0.15, 0.2) is 52.1 Å². The lowest BCUT2D eigenvalue weighted by Crippen LogP contribution is -2.28. The van der Waals surface area contributed by atoms with Crippen molar-refractivity contribution in [3.8, 4) is 0 Å². The second kappa shape index (κ2) is 5.62. The number of thiophene rings is 1. The van der Waals surface area contributed by atoms with Gasteiger partial charge < -0.3 is 5.11 Å². The van der Waals surface area contributed by atoms with Crippen LogP contribution < -0.4 is 4.72 Å². The Hall–Kier alpha value is -1.21. The second-order valence-electron chi connectivity index (χ2n) is 3.74. The molecule has 0 saturated carbocycles. The van der Waals surface area contributed by atoms with Gasteiger partial charge in [0.25, 0.3) is 0 Å². The minimum atomic E-state index is -3.55. The average molecular weight is 283 g/mol. The van der Waals surface area contributed by atoms with E-state index in [1.165, 1.54) is 23.5 Å². The van der Waals surface area contributed by atoms with Crippen molar-refractivity contribution in [3.05, 3.63) is 52.7 Å². The minimum absolute atomic E-state index is 0.0338. The summed E-state index contributed by atoms with van der Waals surface area (Å²) in [6.45, 7) is -0.0338. The van der Waals surface area contributed by atoms with Crippen LogP contribution in [0.4, 0.5) is 0 Å². The van der Waals surface area contributed by atoms with Crippen LogP contribution in [0.2, 0.25) is 0 Å². The van der Waals surface area contributed by atoms with E-state index < -0.39 is 16.1 Å². The van der Waals surface area contributed by atoms with E-state index in [0.29, 0.717) is 0 Å². The Morgan fingerprint density at radius 3 is 2.56 bits per heavy atom. The fourth-order valence-corrected chi connectivity index (χ4v) is 3.22. The summed E-state index contributed by atoms with van der Waals surface area (Å²) in [5.41, 5.74) is 0.718. The Labute approximate surface area is 110 Å². The summed E-state index contributed by atoms with van der Waals surface area (Å²) in [7, 11) is -3.55. The fourth-order valence-electron chi connectivity index (χ4n) is 1.45. The Morgan fingerprint density at radius 2 is 1.94 bits per heavy atom. The molecule has 1 heterocycles. The topological polar surface area (TPSA) is 66.4 Å². The van der Waals surface area contributed by atoms with Gasteiger partial charge in [0.2, 0.25) is 10.0 Å². The van der Waals surface area contributed by atoms with Gasteiger partial charge in [-0.15, -0.1) is 0 Å². The third-order valence-corrected chi connectivity index (χ3v) is 4.59. The predicted molar refractivity (Wildman–Crippen MR) is 70.9 cm³/mol. The van der Waals surface area contributed by atoms with Crippen LogP contribution in [-0.4, -0.2) is 20.1 Å². The highest BCUT2D eigenvalue weighted by Crippen LogP contribution is 2.16. The maximum Gasteiger partial charge on any atom is 0.240 e. The van der Waals surface area contributed by atoms with Gasteiger partial charge in [-0.05, 0) is 34.5 Å². The first-order chi connectivity index (χ1) is 8.59. The van der Waals surface area contributed by atoms with E-state index in [9.17, 15) is 13.5 Å². The van der Waals surface area contributed by atoms with Gasteiger partial charge in [-0.3, -0.25) is 0 Å². The molecular formula is C12H13NO3S2. The quantitative estimate of drug-likeness (QED) is 0.878. The zero-order chi connectivity index (χ0) is 13.0. The van der Waals surface area contributed by atoms with Crippen LogP contribution in [0, 0.1) is 0 Å². The Morgan fingerprint density at radius 1 is 1.22 bits per heavy atom. The number of sulfonamides is 1. The van der Waals surface area contributed by atoms with E-state index in [-0.39, 0.29) is 11.4 Å². The van der Waals surface area contributed by atoms with E-state index in [0.717, 1.165) is 5.56 Å². The van der Waals surface area contributed by atoms with Crippen molar-refractivity contribution < 1.29 is 13.5 Å². The molecule has 0 aliphatic heterocycles. The van der Waals surface area contributed by atoms with Gasteiger partial charge in [-0.25, -0.2) is 13.1 Å². The molecule has 0 aliphatic rings. The Kier molecular flexibility index (Phi) is 4.13. The highest BCUT2D eigenvalue weighted by atomic mass is 32.2. The van der Waals surface area contributed by atoms with Crippen LogP contribution >= 0.6 is 11.3 Å². The van der Waals surface area contributed by atoms with Crippen LogP contribution in [0.3, 0.4) is 0 Å². The maximum absolute atomic E-state index is 11.9. The largest absolute Gasteiger partial charge is 0.387 e. The molecule has 2 aromatic rings. The number of aliphatic hydroxyl groups is 1. The molecule has 1 atom stereocenters. The summed E-state index contributed by atoms with van der Waals surface area (Å²) in [6, 6.07) is 9.86. The zero-order valence-electron chi connectivity index (χ0n) is 9.48. The summed E-state index contributed by atoms with van der Waals surface area (Å²) in [5.74, 6) is 0. The number of rotatable bonds is 5. The molecular weight excluding hydrogens is 270 g/mol. The van der Waals surface area contributed by atoms with Crippen molar-refractivity contribution in [2.45, 2.75) is 11.0 Å². The lowest BCUT2D eigenvalue weighted by molar-refractivity contribution is 0.182. The molecule has 2 rings (SSSR count). The molecule has 0 bridgehead atoms. The molecule has 6 heteroatoms. The van der Waals surface area contributed by atoms with Crippen LogP contribution in [0.5, 0.6) is 0 Å². The number of nitrogens with one attached hydrogen (secondary N) is 1. The van der Waals surface area contributed by atoms with E-state index in [1.807, 2.05) is 5.38 Å². The predicted octanol–water partition coefficient (Wildman–Crippen LogP) is 1.76. The van der Waals surface area contributed by atoms with Crippen molar-refractivity contribution in [2.24, 2.45) is 0 Å². The Bertz CT molecular complexity index is 579. The summed E-state index contributed by atoms with van der Waals surface area (Å²) >= 11 is 1.46. The van der Waals surface area contributed by atoms with Crippen LogP contribution in [0.1, 0.15) is 11.7 Å². The number of hydrogen-bond donors (Lipinski definition) is 2. The third-order valence-electron chi connectivity index (χ3n) is 2.45. The lowest BCUT2D eigenvalue weighted by Gasteiger charge is -2.11. The maximum atomic E-state index is 11.9. The van der Waals surface area contributed by atoms with Crippen molar-refractivity contribution in [1.29, 1.82) is 0 Å². The monoisotopic (exact) mass is 283 g/mol. The van der Waals surface area contributed by atoms with E-state index in [1.54, 1.807) is 29.6 Å². The van der Waals surface area contributed by atoms with E-state index in [4.69, 9.17) is 0 Å². The summed E-state index contributed by atoms with van der Waals surface area (Å²) in [6.07, 6.45) is -0.824. The SMILES string of the molecule is O=S(=O)(NCC(O)c1ccsc1)c1ccccc1. The molecule has 0 fully saturated rings. The molecule has 4 nitrogen and oxygen atoms in total. The molecule has 0 aliphatic carbocycles. The molecule has 2 N–H and O–H groups in total. The molecule has 0 spiro atoms. The van der Waals surface area contributed by atoms with Crippen molar-refractivity contribution in [2.75, 3.05) is 6.54 Å². The molecule has 96 valence electrons. The average Bonchev–Trinajstić information content (AvgIpc) is 2.91. The number of hydrogen-bond acceptors (Lipinski definition) is 4. The highest BCUT2D eigenvalue weighted by molar-refractivity contribution is 7.89. The first-order valence-electron chi connectivity index (χ1n) is 5.34. The molecule has 18 heavy (non-hydrogen) atoms. The summed E-state index contributed by atoms with van der Waals surface area (Å²) in [4.78, 5) is 0.197. The van der Waals surface area contributed by atoms with E-state index in [2.05, 4.69) is 4.72 Å². The molecule has 0 radical (unpaired) electrons.